The second kappa shape index (κ2) is 4.76. The van der Waals surface area contributed by atoms with Gasteiger partial charge in [-0.1, -0.05) is 29.8 Å². The molecule has 2 N–H and O–H groups in total. The van der Waals surface area contributed by atoms with E-state index in [1.807, 2.05) is 24.3 Å². The lowest BCUT2D eigenvalue weighted by atomic mass is 10.0. The van der Waals surface area contributed by atoms with Gasteiger partial charge in [0, 0.05) is 9.58 Å². The third-order valence-corrected chi connectivity index (χ3v) is 4.40. The molecule has 1 unspecified atom stereocenters. The quantitative estimate of drug-likeness (QED) is 0.734. The second-order valence-electron chi connectivity index (χ2n) is 4.72. The summed E-state index contributed by atoms with van der Waals surface area (Å²) in [6, 6.07) is 14.9. The Kier molecular flexibility index (Phi) is 3.09. The van der Waals surface area contributed by atoms with Gasteiger partial charge in [-0.25, -0.2) is 4.39 Å². The molecule has 0 aliphatic heterocycles. The Morgan fingerprint density at radius 1 is 1.11 bits per heavy atom. The van der Waals surface area contributed by atoms with E-state index in [1.54, 1.807) is 17.4 Å². The van der Waals surface area contributed by atoms with E-state index in [0.717, 1.165) is 20.5 Å². The monoisotopic (exact) mass is 271 g/mol. The Balaban J connectivity index is 2.04. The van der Waals surface area contributed by atoms with Crippen LogP contribution in [0.2, 0.25) is 0 Å². The highest BCUT2D eigenvalue weighted by molar-refractivity contribution is 7.19. The minimum Gasteiger partial charge on any atom is -0.320 e. The van der Waals surface area contributed by atoms with Gasteiger partial charge in [0.1, 0.15) is 5.82 Å². The molecule has 0 bridgehead atoms. The van der Waals surface area contributed by atoms with Gasteiger partial charge in [-0.05, 0) is 42.1 Å². The highest BCUT2D eigenvalue weighted by atomic mass is 32.1. The molecule has 0 saturated heterocycles. The standard InChI is InChI=1S/C16H14FNS/c1-10-3-2-4-11(7-10)16(18)15-9-12-8-13(17)5-6-14(12)19-15/h2-9,16H,18H2,1H3. The van der Waals surface area contributed by atoms with Crippen molar-refractivity contribution in [3.63, 3.8) is 0 Å². The van der Waals surface area contributed by atoms with Crippen molar-refractivity contribution >= 4 is 21.4 Å². The number of nitrogens with two attached hydrogens (primary N) is 1. The fraction of sp³-hybridized carbons (Fsp3) is 0.125. The maximum atomic E-state index is 13.2. The van der Waals surface area contributed by atoms with Crippen molar-refractivity contribution in [2.45, 2.75) is 13.0 Å². The Morgan fingerprint density at radius 3 is 2.74 bits per heavy atom. The molecule has 0 aliphatic rings. The van der Waals surface area contributed by atoms with Gasteiger partial charge in [-0.15, -0.1) is 11.3 Å². The molecule has 0 fully saturated rings. The molecule has 0 saturated carbocycles. The van der Waals surface area contributed by atoms with Crippen molar-refractivity contribution in [3.05, 3.63) is 70.4 Å². The minimum atomic E-state index is -0.207. The van der Waals surface area contributed by atoms with Crippen molar-refractivity contribution < 1.29 is 4.39 Å². The minimum absolute atomic E-state index is 0.152. The largest absolute Gasteiger partial charge is 0.320 e. The van der Waals surface area contributed by atoms with Gasteiger partial charge in [0.2, 0.25) is 0 Å². The summed E-state index contributed by atoms with van der Waals surface area (Å²) in [5.74, 6) is -0.207. The molecule has 3 rings (SSSR count). The summed E-state index contributed by atoms with van der Waals surface area (Å²) < 4.78 is 14.3. The summed E-state index contributed by atoms with van der Waals surface area (Å²) in [7, 11) is 0. The van der Waals surface area contributed by atoms with E-state index in [9.17, 15) is 4.39 Å². The molecule has 0 spiro atoms. The maximum absolute atomic E-state index is 13.2. The number of hydrogen-bond acceptors (Lipinski definition) is 2. The van der Waals surface area contributed by atoms with E-state index in [-0.39, 0.29) is 11.9 Å². The van der Waals surface area contributed by atoms with Crippen LogP contribution in [-0.2, 0) is 0 Å². The SMILES string of the molecule is Cc1cccc(C(N)c2cc3cc(F)ccc3s2)c1. The Bertz CT molecular complexity index is 732. The third kappa shape index (κ3) is 2.39. The molecule has 0 radical (unpaired) electrons. The molecule has 1 nitrogen and oxygen atoms in total. The van der Waals surface area contributed by atoms with Crippen LogP contribution >= 0.6 is 11.3 Å². The van der Waals surface area contributed by atoms with Crippen LogP contribution in [0.5, 0.6) is 0 Å². The third-order valence-electron chi connectivity index (χ3n) is 3.21. The van der Waals surface area contributed by atoms with Gasteiger partial charge in [-0.2, -0.15) is 0 Å². The number of aryl methyl sites for hydroxylation is 1. The second-order valence-corrected chi connectivity index (χ2v) is 5.84. The van der Waals surface area contributed by atoms with E-state index in [2.05, 4.69) is 19.1 Å². The molecular formula is C16H14FNS. The number of halogens is 1. The zero-order valence-electron chi connectivity index (χ0n) is 10.6. The zero-order valence-corrected chi connectivity index (χ0v) is 11.4. The molecule has 96 valence electrons. The van der Waals surface area contributed by atoms with Gasteiger partial charge in [-0.3, -0.25) is 0 Å². The predicted molar refractivity (Wildman–Crippen MR) is 79.0 cm³/mol. The summed E-state index contributed by atoms with van der Waals surface area (Å²) in [4.78, 5) is 1.06. The van der Waals surface area contributed by atoms with Crippen LogP contribution in [0.25, 0.3) is 10.1 Å². The van der Waals surface area contributed by atoms with Crippen LogP contribution in [0.4, 0.5) is 4.39 Å². The molecule has 0 amide bonds. The topological polar surface area (TPSA) is 26.0 Å². The van der Waals surface area contributed by atoms with Gasteiger partial charge in [0.25, 0.3) is 0 Å². The number of benzene rings is 2. The van der Waals surface area contributed by atoms with E-state index in [0.29, 0.717) is 0 Å². The molecule has 2 aromatic carbocycles. The number of rotatable bonds is 2. The van der Waals surface area contributed by atoms with Crippen molar-refractivity contribution in [2.24, 2.45) is 5.73 Å². The van der Waals surface area contributed by atoms with Crippen LogP contribution < -0.4 is 5.73 Å². The van der Waals surface area contributed by atoms with Gasteiger partial charge in [0.15, 0.2) is 0 Å². The summed E-state index contributed by atoms with van der Waals surface area (Å²) in [6.07, 6.45) is 0. The highest BCUT2D eigenvalue weighted by Crippen LogP contribution is 2.32. The van der Waals surface area contributed by atoms with Crippen LogP contribution in [0.3, 0.4) is 0 Å². The van der Waals surface area contributed by atoms with E-state index < -0.39 is 0 Å². The van der Waals surface area contributed by atoms with E-state index in [1.165, 1.54) is 11.6 Å². The predicted octanol–water partition coefficient (Wildman–Crippen LogP) is 4.40. The Morgan fingerprint density at radius 2 is 1.95 bits per heavy atom. The smallest absolute Gasteiger partial charge is 0.123 e. The highest BCUT2D eigenvalue weighted by Gasteiger charge is 2.12. The molecule has 1 atom stereocenters. The van der Waals surface area contributed by atoms with Crippen molar-refractivity contribution in [1.82, 2.24) is 0 Å². The fourth-order valence-electron chi connectivity index (χ4n) is 2.22. The van der Waals surface area contributed by atoms with Crippen molar-refractivity contribution in [3.8, 4) is 0 Å². The van der Waals surface area contributed by atoms with E-state index >= 15 is 0 Å². The Labute approximate surface area is 115 Å². The van der Waals surface area contributed by atoms with Crippen LogP contribution in [-0.4, -0.2) is 0 Å². The lowest BCUT2D eigenvalue weighted by Gasteiger charge is -2.10. The summed E-state index contributed by atoms with van der Waals surface area (Å²) in [5.41, 5.74) is 8.59. The molecule has 1 heterocycles. The zero-order chi connectivity index (χ0) is 13.4. The van der Waals surface area contributed by atoms with Crippen LogP contribution in [0.15, 0.2) is 48.5 Å². The molecule has 3 aromatic rings. The number of hydrogen-bond donors (Lipinski definition) is 1. The van der Waals surface area contributed by atoms with Crippen molar-refractivity contribution in [1.29, 1.82) is 0 Å². The lowest BCUT2D eigenvalue weighted by Crippen LogP contribution is -2.10. The Hall–Kier alpha value is -1.71. The lowest BCUT2D eigenvalue weighted by molar-refractivity contribution is 0.630. The first-order chi connectivity index (χ1) is 9.13. The fourth-order valence-corrected chi connectivity index (χ4v) is 3.29. The van der Waals surface area contributed by atoms with E-state index in [4.69, 9.17) is 5.73 Å². The van der Waals surface area contributed by atoms with Crippen LogP contribution in [0, 0.1) is 12.7 Å². The maximum Gasteiger partial charge on any atom is 0.123 e. The molecule has 0 aliphatic carbocycles. The number of fused-ring (bicyclic) bond motifs is 1. The normalized spacial score (nSPS) is 12.8. The summed E-state index contributed by atoms with van der Waals surface area (Å²) >= 11 is 1.62. The number of thiophene rings is 1. The van der Waals surface area contributed by atoms with Crippen molar-refractivity contribution in [2.75, 3.05) is 0 Å². The van der Waals surface area contributed by atoms with Gasteiger partial charge >= 0.3 is 0 Å². The first kappa shape index (κ1) is 12.3. The average Bonchev–Trinajstić information content (AvgIpc) is 2.80. The first-order valence-corrected chi connectivity index (χ1v) is 6.96. The average molecular weight is 271 g/mol. The summed E-state index contributed by atoms with van der Waals surface area (Å²) in [6.45, 7) is 2.05. The first-order valence-electron chi connectivity index (χ1n) is 6.14. The van der Waals surface area contributed by atoms with Crippen LogP contribution in [0.1, 0.15) is 22.0 Å². The molecule has 19 heavy (non-hydrogen) atoms. The molecule has 3 heteroatoms. The molecule has 1 aromatic heterocycles. The molecular weight excluding hydrogens is 257 g/mol. The van der Waals surface area contributed by atoms with Gasteiger partial charge in [0.05, 0.1) is 6.04 Å². The van der Waals surface area contributed by atoms with Gasteiger partial charge < -0.3 is 5.73 Å². The summed E-state index contributed by atoms with van der Waals surface area (Å²) in [5, 5.41) is 0.920.